The van der Waals surface area contributed by atoms with Gasteiger partial charge in [-0.3, -0.25) is 15.0 Å². The molecule has 0 aromatic rings. The average molecular weight is 253 g/mol. The molecule has 7 heteroatoms. The van der Waals surface area contributed by atoms with Gasteiger partial charge in [-0.1, -0.05) is 13.8 Å². The van der Waals surface area contributed by atoms with Gasteiger partial charge in [-0.25, -0.2) is 5.84 Å². The van der Waals surface area contributed by atoms with Gasteiger partial charge in [0.25, 0.3) is 5.91 Å². The number of nitrogens with one attached hydrogen (secondary N) is 2. The lowest BCUT2D eigenvalue weighted by Gasteiger charge is -2.19. The van der Waals surface area contributed by atoms with Crippen molar-refractivity contribution in [3.63, 3.8) is 0 Å². The standard InChI is InChI=1S/C9H20N4O2.ClH/c1-5(2)4-7(9(15)13-11)12-8(14)6(3)10;/h5-7H,4,10-11H2,1-3H3,(H,12,14)(H,13,15);1H. The largest absolute Gasteiger partial charge is 0.343 e. The molecule has 2 atom stereocenters. The molecule has 0 bridgehead atoms. The fraction of sp³-hybridized carbons (Fsp3) is 0.778. The molecule has 0 aliphatic rings. The molecule has 16 heavy (non-hydrogen) atoms. The lowest BCUT2D eigenvalue weighted by molar-refractivity contribution is -0.129. The first kappa shape index (κ1) is 17.5. The molecule has 0 aliphatic carbocycles. The summed E-state index contributed by atoms with van der Waals surface area (Å²) in [4.78, 5) is 22.6. The number of hydrogen-bond donors (Lipinski definition) is 4. The Kier molecular flexibility index (Phi) is 9.12. The summed E-state index contributed by atoms with van der Waals surface area (Å²) in [5, 5.41) is 2.54. The molecule has 0 spiro atoms. The Hall–Kier alpha value is -0.850. The zero-order valence-corrected chi connectivity index (χ0v) is 10.6. The van der Waals surface area contributed by atoms with Crippen LogP contribution in [0.15, 0.2) is 0 Å². The van der Waals surface area contributed by atoms with Gasteiger partial charge in [-0.15, -0.1) is 12.4 Å². The third-order valence-electron chi connectivity index (χ3n) is 1.90. The molecule has 2 unspecified atom stereocenters. The Morgan fingerprint density at radius 1 is 1.19 bits per heavy atom. The van der Waals surface area contributed by atoms with Gasteiger partial charge in [0.2, 0.25) is 5.91 Å². The summed E-state index contributed by atoms with van der Waals surface area (Å²) in [5.41, 5.74) is 7.40. The van der Waals surface area contributed by atoms with Crippen molar-refractivity contribution in [2.24, 2.45) is 17.5 Å². The quantitative estimate of drug-likeness (QED) is 0.294. The zero-order valence-electron chi connectivity index (χ0n) is 9.82. The van der Waals surface area contributed by atoms with Crippen LogP contribution in [0.4, 0.5) is 0 Å². The van der Waals surface area contributed by atoms with E-state index in [2.05, 4.69) is 5.32 Å². The van der Waals surface area contributed by atoms with Crippen molar-refractivity contribution in [2.75, 3.05) is 0 Å². The molecule has 0 rings (SSSR count). The topological polar surface area (TPSA) is 110 Å². The van der Waals surface area contributed by atoms with Gasteiger partial charge in [0.05, 0.1) is 6.04 Å². The molecular formula is C9H21ClN4O2. The average Bonchev–Trinajstić information content (AvgIpc) is 2.14. The molecule has 0 radical (unpaired) electrons. The van der Waals surface area contributed by atoms with E-state index in [0.29, 0.717) is 6.42 Å². The molecule has 0 aromatic heterocycles. The van der Waals surface area contributed by atoms with Gasteiger partial charge in [0.15, 0.2) is 0 Å². The molecule has 0 aliphatic heterocycles. The monoisotopic (exact) mass is 252 g/mol. The number of rotatable bonds is 5. The van der Waals surface area contributed by atoms with E-state index in [1.807, 2.05) is 19.3 Å². The van der Waals surface area contributed by atoms with Gasteiger partial charge in [0.1, 0.15) is 6.04 Å². The Morgan fingerprint density at radius 3 is 2.00 bits per heavy atom. The molecule has 6 N–H and O–H groups in total. The number of hydrazine groups is 1. The van der Waals surface area contributed by atoms with Crippen molar-refractivity contribution in [1.82, 2.24) is 10.7 Å². The maximum Gasteiger partial charge on any atom is 0.256 e. The highest BCUT2D eigenvalue weighted by atomic mass is 35.5. The molecule has 6 nitrogen and oxygen atoms in total. The summed E-state index contributed by atoms with van der Waals surface area (Å²) in [6, 6.07) is -1.25. The lowest BCUT2D eigenvalue weighted by Crippen LogP contribution is -2.52. The third-order valence-corrected chi connectivity index (χ3v) is 1.90. The first-order chi connectivity index (χ1) is 6.88. The number of halogens is 1. The second kappa shape index (κ2) is 8.32. The Balaban J connectivity index is 0. The summed E-state index contributed by atoms with van der Waals surface area (Å²) < 4.78 is 0. The van der Waals surface area contributed by atoms with E-state index in [4.69, 9.17) is 11.6 Å². The van der Waals surface area contributed by atoms with Crippen LogP contribution in [0.25, 0.3) is 0 Å². The number of carbonyl (C=O) groups excluding carboxylic acids is 2. The van der Waals surface area contributed by atoms with Crippen LogP contribution in [0.5, 0.6) is 0 Å². The Morgan fingerprint density at radius 2 is 1.69 bits per heavy atom. The van der Waals surface area contributed by atoms with Gasteiger partial charge in [-0.2, -0.15) is 0 Å². The number of hydrogen-bond acceptors (Lipinski definition) is 4. The van der Waals surface area contributed by atoms with Crippen molar-refractivity contribution in [1.29, 1.82) is 0 Å². The maximum atomic E-state index is 11.3. The molecule has 0 fully saturated rings. The highest BCUT2D eigenvalue weighted by Crippen LogP contribution is 2.04. The lowest BCUT2D eigenvalue weighted by atomic mass is 10.0. The predicted octanol–water partition coefficient (Wildman–Crippen LogP) is -0.724. The second-order valence-corrected chi connectivity index (χ2v) is 3.99. The van der Waals surface area contributed by atoms with Crippen molar-refractivity contribution in [3.8, 4) is 0 Å². The summed E-state index contributed by atoms with van der Waals surface area (Å²) in [6.45, 7) is 5.46. The number of amides is 2. The van der Waals surface area contributed by atoms with Gasteiger partial charge in [0, 0.05) is 0 Å². The third kappa shape index (κ3) is 6.60. The van der Waals surface area contributed by atoms with Crippen LogP contribution in [-0.4, -0.2) is 23.9 Å². The molecule has 0 saturated heterocycles. The molecule has 96 valence electrons. The van der Waals surface area contributed by atoms with Crippen LogP contribution in [0.1, 0.15) is 27.2 Å². The Labute approximate surface area is 102 Å². The Bertz CT molecular complexity index is 234. The van der Waals surface area contributed by atoms with Crippen molar-refractivity contribution in [2.45, 2.75) is 39.3 Å². The minimum absolute atomic E-state index is 0. The van der Waals surface area contributed by atoms with Crippen molar-refractivity contribution >= 4 is 24.2 Å². The fourth-order valence-corrected chi connectivity index (χ4v) is 1.11. The SMILES string of the molecule is CC(C)CC(NC(=O)C(C)N)C(=O)NN.Cl. The highest BCUT2D eigenvalue weighted by Gasteiger charge is 2.22. The number of carbonyl (C=O) groups is 2. The normalized spacial score (nSPS) is 13.6. The molecule has 0 heterocycles. The van der Waals surface area contributed by atoms with E-state index in [1.54, 1.807) is 6.92 Å². The second-order valence-electron chi connectivity index (χ2n) is 3.99. The van der Waals surface area contributed by atoms with Gasteiger partial charge >= 0.3 is 0 Å². The maximum absolute atomic E-state index is 11.3. The van der Waals surface area contributed by atoms with Crippen molar-refractivity contribution < 1.29 is 9.59 Å². The molecular weight excluding hydrogens is 232 g/mol. The van der Waals surface area contributed by atoms with E-state index in [1.165, 1.54) is 0 Å². The molecule has 2 amide bonds. The highest BCUT2D eigenvalue weighted by molar-refractivity contribution is 5.89. The van der Waals surface area contributed by atoms with Crippen LogP contribution in [0.3, 0.4) is 0 Å². The van der Waals surface area contributed by atoms with E-state index in [-0.39, 0.29) is 24.2 Å². The van der Waals surface area contributed by atoms with Crippen molar-refractivity contribution in [3.05, 3.63) is 0 Å². The fourth-order valence-electron chi connectivity index (χ4n) is 1.11. The zero-order chi connectivity index (χ0) is 12.0. The minimum Gasteiger partial charge on any atom is -0.343 e. The minimum atomic E-state index is -0.634. The summed E-state index contributed by atoms with van der Waals surface area (Å²) in [7, 11) is 0. The van der Waals surface area contributed by atoms with Crippen LogP contribution in [0, 0.1) is 5.92 Å². The van der Waals surface area contributed by atoms with Crippen LogP contribution in [0.2, 0.25) is 0 Å². The van der Waals surface area contributed by atoms with E-state index in [0.717, 1.165) is 0 Å². The predicted molar refractivity (Wildman–Crippen MR) is 64.6 cm³/mol. The van der Waals surface area contributed by atoms with Gasteiger partial charge < -0.3 is 11.1 Å². The smallest absolute Gasteiger partial charge is 0.256 e. The van der Waals surface area contributed by atoms with Gasteiger partial charge in [-0.05, 0) is 19.3 Å². The summed E-state index contributed by atoms with van der Waals surface area (Å²) >= 11 is 0. The number of nitrogens with two attached hydrogens (primary N) is 2. The summed E-state index contributed by atoms with van der Waals surface area (Å²) in [5.74, 6) is 4.53. The molecule has 0 saturated carbocycles. The molecule has 0 aromatic carbocycles. The first-order valence-corrected chi connectivity index (χ1v) is 4.94. The van der Waals surface area contributed by atoms with Crippen LogP contribution < -0.4 is 22.3 Å². The van der Waals surface area contributed by atoms with E-state index < -0.39 is 18.0 Å². The van der Waals surface area contributed by atoms with E-state index >= 15 is 0 Å². The van der Waals surface area contributed by atoms with Crippen LogP contribution in [-0.2, 0) is 9.59 Å². The van der Waals surface area contributed by atoms with Crippen LogP contribution >= 0.6 is 12.4 Å². The first-order valence-electron chi connectivity index (χ1n) is 4.94. The summed E-state index contributed by atoms with van der Waals surface area (Å²) in [6.07, 6.45) is 0.529. The van der Waals surface area contributed by atoms with E-state index in [9.17, 15) is 9.59 Å².